The highest BCUT2D eigenvalue weighted by molar-refractivity contribution is 9.10. The average Bonchev–Trinajstić information content (AvgIpc) is 3.32. The Labute approximate surface area is 160 Å². The summed E-state index contributed by atoms with van der Waals surface area (Å²) in [5.74, 6) is 0.345. The van der Waals surface area contributed by atoms with Gasteiger partial charge in [0, 0.05) is 5.41 Å². The van der Waals surface area contributed by atoms with Crippen LogP contribution in [0.1, 0.15) is 23.3 Å². The minimum Gasteiger partial charge on any atom is -0.448 e. The number of carbonyl (C=O) groups excluding carboxylic acids is 1. The van der Waals surface area contributed by atoms with E-state index in [2.05, 4.69) is 50.7 Å². The molecule has 1 fully saturated rings. The molecule has 0 spiro atoms. The molecule has 0 saturated heterocycles. The third-order valence-corrected chi connectivity index (χ3v) is 5.24. The van der Waals surface area contributed by atoms with Gasteiger partial charge in [0.2, 0.25) is 5.91 Å². The first-order chi connectivity index (χ1) is 12.7. The molecule has 2 aromatic carbocycles. The Hall–Kier alpha value is -2.66. The zero-order chi connectivity index (χ0) is 18.0. The molecule has 0 radical (unpaired) electrons. The predicted molar refractivity (Wildman–Crippen MR) is 104 cm³/mol. The monoisotopic (exact) mass is 408 g/mol. The van der Waals surface area contributed by atoms with Crippen molar-refractivity contribution in [1.29, 1.82) is 0 Å². The molecule has 1 heterocycles. The van der Waals surface area contributed by atoms with E-state index in [4.69, 9.17) is 4.42 Å². The minimum absolute atomic E-state index is 0.0837. The maximum atomic E-state index is 12.7. The number of halogens is 1. The number of hydrogen-bond acceptors (Lipinski definition) is 3. The molecule has 1 atom stereocenters. The molecule has 1 amide bonds. The zero-order valence-electron chi connectivity index (χ0n) is 13.9. The van der Waals surface area contributed by atoms with Crippen molar-refractivity contribution in [1.82, 2.24) is 5.43 Å². The number of rotatable bonds is 5. The molecule has 1 aliphatic rings. The second-order valence-corrected chi connectivity index (χ2v) is 7.12. The van der Waals surface area contributed by atoms with Crippen molar-refractivity contribution in [3.63, 3.8) is 0 Å². The van der Waals surface area contributed by atoms with Crippen molar-refractivity contribution in [3.05, 3.63) is 94.4 Å². The van der Waals surface area contributed by atoms with Gasteiger partial charge in [-0.05, 0) is 45.6 Å². The summed E-state index contributed by atoms with van der Waals surface area (Å²) in [6.07, 6.45) is 2.27. The molecule has 1 aromatic heterocycles. The van der Waals surface area contributed by atoms with Crippen LogP contribution >= 0.6 is 15.9 Å². The van der Waals surface area contributed by atoms with E-state index in [1.54, 1.807) is 12.1 Å². The molecule has 1 aliphatic carbocycles. The van der Waals surface area contributed by atoms with E-state index >= 15 is 0 Å². The van der Waals surface area contributed by atoms with Gasteiger partial charge in [-0.25, -0.2) is 5.43 Å². The Morgan fingerprint density at radius 3 is 2.19 bits per heavy atom. The first kappa shape index (κ1) is 16.8. The van der Waals surface area contributed by atoms with E-state index in [-0.39, 0.29) is 17.2 Å². The third kappa shape index (κ3) is 3.10. The SMILES string of the molecule is O=C(N/N=C/c1ccc(Br)o1)C1CC1(c1ccccc1)c1ccccc1. The summed E-state index contributed by atoms with van der Waals surface area (Å²) < 4.78 is 5.96. The average molecular weight is 409 g/mol. The Balaban J connectivity index is 1.55. The second-order valence-electron chi connectivity index (χ2n) is 6.34. The van der Waals surface area contributed by atoms with Gasteiger partial charge in [-0.15, -0.1) is 0 Å². The van der Waals surface area contributed by atoms with Crippen LogP contribution in [0.15, 0.2) is 87.0 Å². The highest BCUT2D eigenvalue weighted by Crippen LogP contribution is 2.58. The quantitative estimate of drug-likeness (QED) is 0.499. The lowest BCUT2D eigenvalue weighted by Crippen LogP contribution is -2.25. The Bertz CT molecular complexity index is 895. The lowest BCUT2D eigenvalue weighted by Gasteiger charge is -2.18. The number of furan rings is 1. The van der Waals surface area contributed by atoms with Crippen molar-refractivity contribution in [2.45, 2.75) is 11.8 Å². The van der Waals surface area contributed by atoms with Crippen LogP contribution in [0.3, 0.4) is 0 Å². The molecule has 1 N–H and O–H groups in total. The van der Waals surface area contributed by atoms with E-state index in [0.717, 1.165) is 17.5 Å². The topological polar surface area (TPSA) is 54.6 Å². The molecule has 3 aromatic rings. The van der Waals surface area contributed by atoms with E-state index in [0.29, 0.717) is 10.4 Å². The maximum absolute atomic E-state index is 12.7. The normalized spacial score (nSPS) is 18.0. The highest BCUT2D eigenvalue weighted by atomic mass is 79.9. The van der Waals surface area contributed by atoms with Crippen LogP contribution in [0.5, 0.6) is 0 Å². The van der Waals surface area contributed by atoms with Crippen LogP contribution in [0.25, 0.3) is 0 Å². The van der Waals surface area contributed by atoms with Gasteiger partial charge >= 0.3 is 0 Å². The third-order valence-electron chi connectivity index (χ3n) is 4.82. The molecule has 4 nitrogen and oxygen atoms in total. The van der Waals surface area contributed by atoms with E-state index in [1.807, 2.05) is 36.4 Å². The smallest absolute Gasteiger partial charge is 0.244 e. The van der Waals surface area contributed by atoms with Crippen molar-refractivity contribution in [2.75, 3.05) is 0 Å². The number of carbonyl (C=O) groups is 1. The number of hydrogen-bond donors (Lipinski definition) is 1. The molecule has 5 heteroatoms. The molecule has 4 rings (SSSR count). The van der Waals surface area contributed by atoms with Gasteiger partial charge in [-0.2, -0.15) is 5.10 Å². The lowest BCUT2D eigenvalue weighted by atomic mass is 9.85. The van der Waals surface area contributed by atoms with Gasteiger partial charge in [-0.1, -0.05) is 60.7 Å². The summed E-state index contributed by atoms with van der Waals surface area (Å²) in [4.78, 5) is 12.7. The van der Waals surface area contributed by atoms with Crippen molar-refractivity contribution in [2.24, 2.45) is 11.0 Å². The molecular weight excluding hydrogens is 392 g/mol. The predicted octanol–water partition coefficient (Wildman–Crippen LogP) is 4.50. The van der Waals surface area contributed by atoms with Crippen LogP contribution in [-0.4, -0.2) is 12.1 Å². The molecule has 0 bridgehead atoms. The van der Waals surface area contributed by atoms with Gasteiger partial charge in [0.1, 0.15) is 5.76 Å². The largest absolute Gasteiger partial charge is 0.448 e. The van der Waals surface area contributed by atoms with E-state index in [9.17, 15) is 4.79 Å². The summed E-state index contributed by atoms with van der Waals surface area (Å²) in [5.41, 5.74) is 4.69. The molecule has 130 valence electrons. The van der Waals surface area contributed by atoms with Crippen LogP contribution < -0.4 is 5.43 Å². The number of nitrogens with zero attached hydrogens (tertiary/aromatic N) is 1. The fourth-order valence-electron chi connectivity index (χ4n) is 3.49. The standard InChI is InChI=1S/C21H17BrN2O2/c22-19-12-11-17(26-19)14-23-24-20(25)18-13-21(18,15-7-3-1-4-8-15)16-9-5-2-6-10-16/h1-12,14,18H,13H2,(H,24,25)/b23-14+. The number of amides is 1. The van der Waals surface area contributed by atoms with Gasteiger partial charge in [0.25, 0.3) is 0 Å². The first-order valence-electron chi connectivity index (χ1n) is 8.39. The Morgan fingerprint density at radius 1 is 1.04 bits per heavy atom. The van der Waals surface area contributed by atoms with Crippen molar-refractivity contribution in [3.8, 4) is 0 Å². The van der Waals surface area contributed by atoms with Crippen LogP contribution in [0, 0.1) is 5.92 Å². The first-order valence-corrected chi connectivity index (χ1v) is 9.19. The summed E-state index contributed by atoms with van der Waals surface area (Å²) in [7, 11) is 0. The van der Waals surface area contributed by atoms with Crippen LogP contribution in [-0.2, 0) is 10.2 Å². The molecular formula is C21H17BrN2O2. The molecule has 1 unspecified atom stereocenters. The molecule has 26 heavy (non-hydrogen) atoms. The highest BCUT2D eigenvalue weighted by Gasteiger charge is 2.60. The number of hydrazone groups is 1. The Kier molecular flexibility index (Phi) is 4.47. The van der Waals surface area contributed by atoms with Crippen LogP contribution in [0.4, 0.5) is 0 Å². The lowest BCUT2D eigenvalue weighted by molar-refractivity contribution is -0.122. The van der Waals surface area contributed by atoms with Gasteiger partial charge in [-0.3, -0.25) is 4.79 Å². The van der Waals surface area contributed by atoms with E-state index < -0.39 is 0 Å². The van der Waals surface area contributed by atoms with Crippen LogP contribution in [0.2, 0.25) is 0 Å². The van der Waals surface area contributed by atoms with Gasteiger partial charge in [0.15, 0.2) is 4.67 Å². The van der Waals surface area contributed by atoms with Gasteiger partial charge in [0.05, 0.1) is 12.1 Å². The second kappa shape index (κ2) is 6.92. The van der Waals surface area contributed by atoms with Gasteiger partial charge < -0.3 is 4.42 Å². The molecule has 1 saturated carbocycles. The molecule has 0 aliphatic heterocycles. The van der Waals surface area contributed by atoms with E-state index in [1.165, 1.54) is 6.21 Å². The van der Waals surface area contributed by atoms with Crippen molar-refractivity contribution < 1.29 is 9.21 Å². The number of nitrogens with one attached hydrogen (secondary N) is 1. The zero-order valence-corrected chi connectivity index (χ0v) is 15.5. The van der Waals surface area contributed by atoms with Crippen molar-refractivity contribution >= 4 is 28.1 Å². The summed E-state index contributed by atoms with van der Waals surface area (Å²) >= 11 is 3.24. The maximum Gasteiger partial charge on any atom is 0.244 e. The number of benzene rings is 2. The summed E-state index contributed by atoms with van der Waals surface area (Å²) in [5, 5.41) is 4.03. The Morgan fingerprint density at radius 2 is 1.65 bits per heavy atom. The fourth-order valence-corrected chi connectivity index (χ4v) is 3.81. The minimum atomic E-state index is -0.282. The fraction of sp³-hybridized carbons (Fsp3) is 0.143. The summed E-state index contributed by atoms with van der Waals surface area (Å²) in [6.45, 7) is 0. The summed E-state index contributed by atoms with van der Waals surface area (Å²) in [6, 6.07) is 23.9.